The van der Waals surface area contributed by atoms with Crippen LogP contribution in [-0.4, -0.2) is 21.7 Å². The highest BCUT2D eigenvalue weighted by Crippen LogP contribution is 2.38. The molecule has 0 bridgehead atoms. The largest absolute Gasteiger partial charge is 0.494 e. The molecule has 144 valence electrons. The van der Waals surface area contributed by atoms with Gasteiger partial charge in [-0.25, -0.2) is 4.99 Å². The lowest BCUT2D eigenvalue weighted by molar-refractivity contribution is 0.101. The normalized spacial score (nSPS) is 27.3. The number of nitrogens with zero attached hydrogens (tertiary/aromatic N) is 1. The van der Waals surface area contributed by atoms with E-state index in [9.17, 15) is 9.90 Å². The molecule has 4 heteroatoms. The molecule has 1 aromatic heterocycles. The molecule has 0 radical (unpaired) electrons. The first-order chi connectivity index (χ1) is 13.8. The number of carbonyl (C=O) groups excluding carboxylic acids is 1. The predicted molar refractivity (Wildman–Crippen MR) is 114 cm³/mol. The van der Waals surface area contributed by atoms with Crippen molar-refractivity contribution in [2.45, 2.75) is 51.4 Å². The van der Waals surface area contributed by atoms with E-state index >= 15 is 0 Å². The first kappa shape index (κ1) is 18.5. The quantitative estimate of drug-likeness (QED) is 0.688. The highest BCUT2D eigenvalue weighted by Gasteiger charge is 2.34. The van der Waals surface area contributed by atoms with Crippen LogP contribution in [0.2, 0.25) is 0 Å². The predicted octanol–water partition coefficient (Wildman–Crippen LogP) is 5.79. The van der Waals surface area contributed by atoms with Crippen LogP contribution in [0.3, 0.4) is 0 Å². The lowest BCUT2D eigenvalue weighted by atomic mass is 9.95. The van der Waals surface area contributed by atoms with Crippen LogP contribution in [0.1, 0.15) is 73.0 Å². The summed E-state index contributed by atoms with van der Waals surface area (Å²) in [6.45, 7) is 0. The first-order valence-corrected chi connectivity index (χ1v) is 10.2. The number of amides is 1. The van der Waals surface area contributed by atoms with Crippen LogP contribution in [0.25, 0.3) is 5.57 Å². The Balaban J connectivity index is 1.72. The second-order valence-corrected chi connectivity index (χ2v) is 7.49. The number of nitrogens with one attached hydrogen (secondary N) is 1. The molecule has 2 aliphatic carbocycles. The molecule has 0 unspecified atom stereocenters. The number of carbonyl (C=O) groups is 1. The number of aromatic hydroxyl groups is 1. The number of aliphatic imine (C=N–C) groups is 1. The third-order valence-corrected chi connectivity index (χ3v) is 5.53. The highest BCUT2D eigenvalue weighted by atomic mass is 16.3. The number of rotatable bonds is 2. The van der Waals surface area contributed by atoms with Crippen molar-refractivity contribution in [1.82, 2.24) is 4.98 Å². The van der Waals surface area contributed by atoms with Gasteiger partial charge in [-0.3, -0.25) is 4.79 Å². The van der Waals surface area contributed by atoms with Gasteiger partial charge in [0.25, 0.3) is 5.91 Å². The molecule has 1 aromatic rings. The monoisotopic (exact) mass is 374 g/mol. The summed E-state index contributed by atoms with van der Waals surface area (Å²) in [5.74, 6) is -0.216. The zero-order chi connectivity index (χ0) is 19.3. The van der Waals surface area contributed by atoms with Crippen LogP contribution in [-0.2, 0) is 0 Å². The molecular weight excluding hydrogens is 348 g/mol. The van der Waals surface area contributed by atoms with Crippen molar-refractivity contribution in [3.8, 4) is 5.88 Å². The Bertz CT molecular complexity index is 951. The zero-order valence-electron chi connectivity index (χ0n) is 16.1. The minimum atomic E-state index is -0.260. The van der Waals surface area contributed by atoms with E-state index in [1.807, 2.05) is 42.5 Å². The van der Waals surface area contributed by atoms with Crippen molar-refractivity contribution < 1.29 is 9.90 Å². The Labute approximate surface area is 165 Å². The molecule has 1 amide bonds. The van der Waals surface area contributed by atoms with E-state index in [0.29, 0.717) is 29.0 Å². The van der Waals surface area contributed by atoms with Crippen molar-refractivity contribution in [2.24, 2.45) is 4.99 Å². The molecule has 2 N–H and O–H groups in total. The van der Waals surface area contributed by atoms with E-state index in [2.05, 4.69) is 16.1 Å². The van der Waals surface area contributed by atoms with E-state index in [-0.39, 0.29) is 11.8 Å². The topological polar surface area (TPSA) is 65.4 Å². The summed E-state index contributed by atoms with van der Waals surface area (Å²) in [6, 6.07) is 0. The second-order valence-electron chi connectivity index (χ2n) is 7.49. The highest BCUT2D eigenvalue weighted by molar-refractivity contribution is 6.29. The van der Waals surface area contributed by atoms with Crippen molar-refractivity contribution >= 4 is 17.2 Å². The van der Waals surface area contributed by atoms with Crippen LogP contribution in [0.5, 0.6) is 5.88 Å². The van der Waals surface area contributed by atoms with Crippen molar-refractivity contribution in [2.75, 3.05) is 0 Å². The Morgan fingerprint density at radius 3 is 2.61 bits per heavy atom. The maximum absolute atomic E-state index is 12.8. The van der Waals surface area contributed by atoms with Gasteiger partial charge in [0, 0.05) is 0 Å². The summed E-state index contributed by atoms with van der Waals surface area (Å²) in [4.78, 5) is 20.3. The van der Waals surface area contributed by atoms with Gasteiger partial charge in [-0.1, -0.05) is 67.9 Å². The molecule has 0 spiro atoms. The average molecular weight is 374 g/mol. The standard InChI is InChI=1S/C24H26N2O2/c27-23-19-20(22(26-23)18-15-11-7-3-4-8-12-16-18)24(28)25-21(19)17-13-9-5-1-2-6-10-14-17/h1-2,5-6,9-10,13,15,25,28H,3-4,7-8,11-12,14,16H2/b2-1-,9-5-,10-6-,17-13+,18-15+. The summed E-state index contributed by atoms with van der Waals surface area (Å²) in [5, 5.41) is 10.7. The Morgan fingerprint density at radius 2 is 1.68 bits per heavy atom. The molecule has 4 rings (SSSR count). The van der Waals surface area contributed by atoms with Gasteiger partial charge in [-0.2, -0.15) is 0 Å². The van der Waals surface area contributed by atoms with Crippen molar-refractivity contribution in [3.63, 3.8) is 0 Å². The minimum Gasteiger partial charge on any atom is -0.494 e. The fourth-order valence-electron chi connectivity index (χ4n) is 4.09. The molecule has 0 aromatic carbocycles. The van der Waals surface area contributed by atoms with Crippen LogP contribution < -0.4 is 0 Å². The summed E-state index contributed by atoms with van der Waals surface area (Å²) < 4.78 is 0. The molecule has 1 aliphatic heterocycles. The van der Waals surface area contributed by atoms with Crippen LogP contribution in [0, 0.1) is 0 Å². The fraction of sp³-hybridized carbons (Fsp3) is 0.333. The zero-order valence-corrected chi connectivity index (χ0v) is 16.1. The molecule has 3 aliphatic rings. The van der Waals surface area contributed by atoms with Crippen LogP contribution >= 0.6 is 0 Å². The van der Waals surface area contributed by atoms with Gasteiger partial charge < -0.3 is 10.1 Å². The fourth-order valence-corrected chi connectivity index (χ4v) is 4.09. The molecule has 4 nitrogen and oxygen atoms in total. The number of H-pyrrole nitrogens is 1. The molecule has 0 fully saturated rings. The maximum atomic E-state index is 12.8. The van der Waals surface area contributed by atoms with Gasteiger partial charge in [0.05, 0.1) is 22.5 Å². The minimum absolute atomic E-state index is 0.0437. The molecule has 0 saturated carbocycles. The maximum Gasteiger partial charge on any atom is 0.280 e. The Kier molecular flexibility index (Phi) is 5.56. The van der Waals surface area contributed by atoms with E-state index < -0.39 is 0 Å². The Morgan fingerprint density at radius 1 is 0.893 bits per heavy atom. The van der Waals surface area contributed by atoms with Crippen LogP contribution in [0.15, 0.2) is 59.2 Å². The molecule has 0 saturated heterocycles. The smallest absolute Gasteiger partial charge is 0.280 e. The molecular formula is C24H26N2O2. The lowest BCUT2D eigenvalue weighted by Crippen LogP contribution is -2.03. The van der Waals surface area contributed by atoms with Gasteiger partial charge >= 0.3 is 0 Å². The van der Waals surface area contributed by atoms with Gasteiger partial charge in [0.2, 0.25) is 0 Å². The average Bonchev–Trinajstić information content (AvgIpc) is 3.27. The molecule has 28 heavy (non-hydrogen) atoms. The van der Waals surface area contributed by atoms with Crippen molar-refractivity contribution in [3.05, 3.63) is 71.0 Å². The second kappa shape index (κ2) is 8.42. The van der Waals surface area contributed by atoms with Gasteiger partial charge in [0.1, 0.15) is 0 Å². The molecule has 2 heterocycles. The van der Waals surface area contributed by atoms with Gasteiger partial charge in [0.15, 0.2) is 5.88 Å². The first-order valence-electron chi connectivity index (χ1n) is 10.2. The van der Waals surface area contributed by atoms with Crippen molar-refractivity contribution in [1.29, 1.82) is 0 Å². The number of aromatic nitrogens is 1. The van der Waals surface area contributed by atoms with Gasteiger partial charge in [-0.05, 0) is 43.3 Å². The van der Waals surface area contributed by atoms with Gasteiger partial charge in [-0.15, -0.1) is 0 Å². The third kappa shape index (κ3) is 3.72. The summed E-state index contributed by atoms with van der Waals surface area (Å²) in [5.41, 5.74) is 4.49. The number of aromatic amines is 1. The lowest BCUT2D eigenvalue weighted by Gasteiger charge is -2.07. The number of hydrogen-bond acceptors (Lipinski definition) is 2. The summed E-state index contributed by atoms with van der Waals surface area (Å²) in [6.07, 6.45) is 24.6. The Hall–Kier alpha value is -2.88. The van der Waals surface area contributed by atoms with E-state index in [0.717, 1.165) is 30.4 Å². The van der Waals surface area contributed by atoms with E-state index in [1.54, 1.807) is 0 Å². The SMILES string of the molecule is O=C1N=C(/C2=C/CCCCCCC2)c2c(O)[nH]c(/C3=C/C=C\C=C/C=C\C3)c21. The van der Waals surface area contributed by atoms with E-state index in [1.165, 1.54) is 25.7 Å². The number of hydrogen-bond donors (Lipinski definition) is 2. The van der Waals surface area contributed by atoms with E-state index in [4.69, 9.17) is 0 Å². The third-order valence-electron chi connectivity index (χ3n) is 5.53. The molecule has 0 atom stereocenters. The summed E-state index contributed by atoms with van der Waals surface area (Å²) in [7, 11) is 0. The van der Waals surface area contributed by atoms with Crippen LogP contribution in [0.4, 0.5) is 0 Å². The number of allylic oxidation sites excluding steroid dienone is 10. The number of fused-ring (bicyclic) bond motifs is 1. The summed E-state index contributed by atoms with van der Waals surface area (Å²) >= 11 is 0.